The van der Waals surface area contributed by atoms with Gasteiger partial charge in [0, 0.05) is 45.7 Å². The van der Waals surface area contributed by atoms with E-state index in [1.807, 2.05) is 36.6 Å². The molecule has 3 aromatic rings. The molecule has 4 heterocycles. The van der Waals surface area contributed by atoms with E-state index in [1.54, 1.807) is 19.4 Å². The van der Waals surface area contributed by atoms with Crippen LogP contribution in [0.5, 0.6) is 11.6 Å². The van der Waals surface area contributed by atoms with Gasteiger partial charge in [-0.25, -0.2) is 23.2 Å². The largest absolute Gasteiger partial charge is 0.497 e. The Hall–Kier alpha value is -4.77. The van der Waals surface area contributed by atoms with Crippen molar-refractivity contribution in [3.05, 3.63) is 47.6 Å². The molecule has 0 radical (unpaired) electrons. The van der Waals surface area contributed by atoms with Crippen molar-refractivity contribution in [2.24, 2.45) is 17.8 Å². The number of thiazole rings is 1. The number of carboxylic acid groups (broad SMARTS) is 1. The summed E-state index contributed by atoms with van der Waals surface area (Å²) >= 11 is 1.51. The molecule has 2 saturated carbocycles. The summed E-state index contributed by atoms with van der Waals surface area (Å²) in [6.45, 7) is 10.2. The van der Waals surface area contributed by atoms with Gasteiger partial charge in [0.05, 0.1) is 24.6 Å². The van der Waals surface area contributed by atoms with Crippen LogP contribution in [-0.2, 0) is 29.8 Å². The maximum absolute atomic E-state index is 14.7. The molecule has 318 valence electrons. The summed E-state index contributed by atoms with van der Waals surface area (Å²) in [4.78, 5) is 66.3. The number of fused-ring (bicyclic) bond motifs is 3. The highest BCUT2D eigenvalue weighted by Gasteiger charge is 2.62. The van der Waals surface area contributed by atoms with Crippen LogP contribution in [-0.4, -0.2) is 94.8 Å². The van der Waals surface area contributed by atoms with Crippen molar-refractivity contribution >= 4 is 55.9 Å². The summed E-state index contributed by atoms with van der Waals surface area (Å²) in [5.41, 5.74) is 0.0168. The lowest BCUT2D eigenvalue weighted by Crippen LogP contribution is -2.59. The highest BCUT2D eigenvalue weighted by atomic mass is 32.2. The lowest BCUT2D eigenvalue weighted by Gasteiger charge is -2.33. The normalized spacial score (nSPS) is 27.8. The zero-order valence-corrected chi connectivity index (χ0v) is 36.0. The van der Waals surface area contributed by atoms with Crippen molar-refractivity contribution in [2.45, 2.75) is 120 Å². The molecule has 2 aliphatic carbocycles. The van der Waals surface area contributed by atoms with Crippen molar-refractivity contribution < 1.29 is 42.2 Å². The van der Waals surface area contributed by atoms with Gasteiger partial charge in [0.1, 0.15) is 34.5 Å². The lowest BCUT2D eigenvalue weighted by atomic mass is 9.85. The van der Waals surface area contributed by atoms with Crippen LogP contribution in [0.4, 0.5) is 4.79 Å². The van der Waals surface area contributed by atoms with Gasteiger partial charge in [-0.15, -0.1) is 11.3 Å². The van der Waals surface area contributed by atoms with Crippen LogP contribution in [0.2, 0.25) is 0 Å². The van der Waals surface area contributed by atoms with Gasteiger partial charge >= 0.3 is 6.09 Å². The predicted octanol–water partition coefficient (Wildman–Crippen LogP) is 5.53. The minimum atomic E-state index is -3.93. The minimum Gasteiger partial charge on any atom is -0.497 e. The Labute approximate surface area is 348 Å². The number of nitrogens with one attached hydrogen (secondary N) is 3. The summed E-state index contributed by atoms with van der Waals surface area (Å²) in [5, 5.41) is 18.9. The third kappa shape index (κ3) is 8.91. The summed E-state index contributed by atoms with van der Waals surface area (Å²) in [5.74, 6) is -1.91. The van der Waals surface area contributed by atoms with Gasteiger partial charge in [0.2, 0.25) is 27.7 Å². The number of allylic oxidation sites excluding steroid dienone is 1. The number of benzene rings is 1. The highest BCUT2D eigenvalue weighted by Crippen LogP contribution is 2.46. The molecule has 4 aliphatic rings. The lowest BCUT2D eigenvalue weighted by molar-refractivity contribution is -0.142. The maximum atomic E-state index is 14.7. The smallest absolute Gasteiger partial charge is 0.405 e. The molecule has 4 N–H and O–H groups in total. The molecule has 1 saturated heterocycles. The Morgan fingerprint density at radius 1 is 1.14 bits per heavy atom. The van der Waals surface area contributed by atoms with Gasteiger partial charge < -0.3 is 30.1 Å². The Balaban J connectivity index is 1.24. The number of carbonyl (C=O) groups is 4. The number of nitrogens with zero attached hydrogens (tertiary/aromatic N) is 3. The standard InChI is InChI=1S/C42H54N6O9S2/c1-7-24-16-23(2)10-8-9-11-25-19-42(25,39(51)47-59(54,55)28-13-14-28)46-35(49)32-18-27(21-48(32)38(50)34(24)45-40(52)53)57-36-29-15-12-26(56-6)17-30(29)31(20-43-36)37-44-33(22-58-37)41(3,4)5/h9,11-12,15,17,20,22-25,27-28,32,34,45H,7-8,10,13-14,16,18-19,21H2,1-6H3,(H,46,49)(H,47,51)(H,52,53)/t23-,24-,25-,27-,32+,34+,42-/m1/s1. The second-order valence-corrected chi connectivity index (χ2v) is 20.4. The van der Waals surface area contributed by atoms with E-state index in [0.29, 0.717) is 43.2 Å². The SMILES string of the molecule is CC[C@@H]1C[C@H](C)CCC=C[C@@H]2C[C@@]2(C(=O)NS(=O)(=O)C2CC2)NC(=O)[C@@H]2C[C@@H](Oc3ncc(-c4nc(C(C)(C)C)cs4)c4cc(OC)ccc34)CN2C(=O)[C@H]1NC(=O)O. The van der Waals surface area contributed by atoms with Crippen molar-refractivity contribution in [3.8, 4) is 22.2 Å². The van der Waals surface area contributed by atoms with Gasteiger partial charge in [0.15, 0.2) is 0 Å². The average Bonchev–Trinajstić information content (AvgIpc) is 4.06. The zero-order chi connectivity index (χ0) is 42.4. The monoisotopic (exact) mass is 850 g/mol. The number of aromatic nitrogens is 2. The third-order valence-electron chi connectivity index (χ3n) is 12.1. The number of rotatable bonds is 9. The van der Waals surface area contributed by atoms with Crippen LogP contribution >= 0.6 is 11.3 Å². The van der Waals surface area contributed by atoms with E-state index in [2.05, 4.69) is 43.1 Å². The van der Waals surface area contributed by atoms with Crippen molar-refractivity contribution in [1.29, 1.82) is 0 Å². The summed E-state index contributed by atoms with van der Waals surface area (Å²) in [6.07, 6.45) is 6.89. The van der Waals surface area contributed by atoms with E-state index in [-0.39, 0.29) is 42.5 Å². The maximum Gasteiger partial charge on any atom is 0.405 e. The molecule has 7 rings (SSSR count). The average molecular weight is 851 g/mol. The first kappa shape index (κ1) is 42.4. The number of methoxy groups -OCH3 is 1. The number of pyridine rings is 1. The number of hydrogen-bond acceptors (Lipinski definition) is 11. The molecule has 3 fully saturated rings. The van der Waals surface area contributed by atoms with E-state index < -0.39 is 68.7 Å². The van der Waals surface area contributed by atoms with E-state index in [0.717, 1.165) is 28.1 Å². The quantitative estimate of drug-likeness (QED) is 0.197. The summed E-state index contributed by atoms with van der Waals surface area (Å²) in [6, 6.07) is 3.17. The van der Waals surface area contributed by atoms with E-state index >= 15 is 0 Å². The number of hydrogen-bond donors (Lipinski definition) is 4. The first-order valence-electron chi connectivity index (χ1n) is 20.4. The summed E-state index contributed by atoms with van der Waals surface area (Å²) in [7, 11) is -2.34. The number of ether oxygens (including phenoxy) is 2. The Kier molecular flexibility index (Phi) is 11.7. The van der Waals surface area contributed by atoms with Crippen molar-refractivity contribution in [1.82, 2.24) is 30.2 Å². The fourth-order valence-electron chi connectivity index (χ4n) is 8.34. The molecular weight excluding hydrogens is 797 g/mol. The molecule has 7 atom stereocenters. The van der Waals surface area contributed by atoms with Crippen LogP contribution in [0.3, 0.4) is 0 Å². The van der Waals surface area contributed by atoms with Crippen LogP contribution in [0.1, 0.15) is 91.7 Å². The molecule has 0 unspecified atom stereocenters. The Morgan fingerprint density at radius 3 is 2.56 bits per heavy atom. The molecule has 2 aliphatic heterocycles. The first-order chi connectivity index (χ1) is 27.9. The molecular formula is C42H54N6O9S2. The molecule has 1 aromatic carbocycles. The van der Waals surface area contributed by atoms with Gasteiger partial charge in [-0.05, 0) is 68.6 Å². The van der Waals surface area contributed by atoms with Crippen LogP contribution in [0, 0.1) is 17.8 Å². The number of sulfonamides is 1. The van der Waals surface area contributed by atoms with E-state index in [9.17, 15) is 32.7 Å². The third-order valence-corrected chi connectivity index (χ3v) is 14.8. The van der Waals surface area contributed by atoms with E-state index in [1.165, 1.54) is 16.2 Å². The molecule has 0 spiro atoms. The van der Waals surface area contributed by atoms with Gasteiger partial charge in [-0.1, -0.05) is 53.2 Å². The molecule has 17 heteroatoms. The second-order valence-electron chi connectivity index (χ2n) is 17.5. The minimum absolute atomic E-state index is 0.00829. The molecule has 0 bridgehead atoms. The zero-order valence-electron chi connectivity index (χ0n) is 34.3. The van der Waals surface area contributed by atoms with Crippen molar-refractivity contribution in [3.63, 3.8) is 0 Å². The fourth-order valence-corrected chi connectivity index (χ4v) is 10.8. The van der Waals surface area contributed by atoms with Crippen LogP contribution in [0.15, 0.2) is 41.9 Å². The number of carbonyl (C=O) groups excluding carboxylic acids is 3. The first-order valence-corrected chi connectivity index (χ1v) is 22.8. The molecule has 4 amide bonds. The summed E-state index contributed by atoms with van der Waals surface area (Å²) < 4.78 is 40.2. The highest BCUT2D eigenvalue weighted by molar-refractivity contribution is 7.91. The topological polar surface area (TPSA) is 206 Å². The van der Waals surface area contributed by atoms with Gasteiger partial charge in [0.25, 0.3) is 5.91 Å². The fraction of sp³-hybridized carbons (Fsp3) is 0.571. The molecule has 59 heavy (non-hydrogen) atoms. The Bertz CT molecular complexity index is 2270. The predicted molar refractivity (Wildman–Crippen MR) is 223 cm³/mol. The Morgan fingerprint density at radius 2 is 1.90 bits per heavy atom. The molecule has 15 nitrogen and oxygen atoms in total. The second kappa shape index (κ2) is 16.4. The van der Waals surface area contributed by atoms with E-state index in [4.69, 9.17) is 19.4 Å². The van der Waals surface area contributed by atoms with Crippen LogP contribution < -0.4 is 24.8 Å². The number of amides is 4. The van der Waals surface area contributed by atoms with Crippen molar-refractivity contribution in [2.75, 3.05) is 13.7 Å². The van der Waals surface area contributed by atoms with Gasteiger partial charge in [-0.3, -0.25) is 19.1 Å². The van der Waals surface area contributed by atoms with Gasteiger partial charge in [-0.2, -0.15) is 0 Å². The van der Waals surface area contributed by atoms with Crippen LogP contribution in [0.25, 0.3) is 21.3 Å². The molecule has 2 aromatic heterocycles.